The summed E-state index contributed by atoms with van der Waals surface area (Å²) in [4.78, 5) is 0. The molecule has 2 rings (SSSR count). The lowest BCUT2D eigenvalue weighted by Gasteiger charge is -2.17. The van der Waals surface area contributed by atoms with Gasteiger partial charge in [0.25, 0.3) is 0 Å². The Morgan fingerprint density at radius 2 is 2.06 bits per heavy atom. The summed E-state index contributed by atoms with van der Waals surface area (Å²) in [5.74, 6) is 1.89. The van der Waals surface area contributed by atoms with Gasteiger partial charge in [0, 0.05) is 19.2 Å². The van der Waals surface area contributed by atoms with Gasteiger partial charge in [-0.25, -0.2) is 0 Å². The number of rotatable bonds is 5. The SMILES string of the molecule is CC(CO)CNC(C)c1ccc2c(c1)OCO2. The summed E-state index contributed by atoms with van der Waals surface area (Å²) in [7, 11) is 0. The second-order valence-electron chi connectivity index (χ2n) is 4.53. The molecule has 0 saturated carbocycles. The second kappa shape index (κ2) is 5.38. The Morgan fingerprint density at radius 3 is 2.82 bits per heavy atom. The molecule has 0 fully saturated rings. The Bertz CT molecular complexity index is 381. The number of benzene rings is 1. The number of ether oxygens (including phenoxy) is 2. The molecule has 1 aliphatic rings. The van der Waals surface area contributed by atoms with E-state index in [9.17, 15) is 0 Å². The maximum Gasteiger partial charge on any atom is 0.231 e. The maximum absolute atomic E-state index is 8.97. The fourth-order valence-corrected chi connectivity index (χ4v) is 1.74. The molecule has 1 aromatic rings. The molecule has 0 amide bonds. The maximum atomic E-state index is 8.97. The number of nitrogens with one attached hydrogen (secondary N) is 1. The van der Waals surface area contributed by atoms with Crippen LogP contribution in [0, 0.1) is 5.92 Å². The Balaban J connectivity index is 1.97. The molecule has 2 atom stereocenters. The largest absolute Gasteiger partial charge is 0.454 e. The van der Waals surface area contributed by atoms with Crippen LogP contribution in [0.4, 0.5) is 0 Å². The van der Waals surface area contributed by atoms with Gasteiger partial charge in [-0.05, 0) is 30.5 Å². The van der Waals surface area contributed by atoms with Crippen molar-refractivity contribution in [3.63, 3.8) is 0 Å². The first-order chi connectivity index (χ1) is 8.20. The Labute approximate surface area is 102 Å². The predicted octanol–water partition coefficient (Wildman–Crippen LogP) is 1.69. The number of hydrogen-bond donors (Lipinski definition) is 2. The summed E-state index contributed by atoms with van der Waals surface area (Å²) in [6.45, 7) is 5.43. The van der Waals surface area contributed by atoms with Crippen molar-refractivity contribution in [2.45, 2.75) is 19.9 Å². The molecule has 4 nitrogen and oxygen atoms in total. The summed E-state index contributed by atoms with van der Waals surface area (Å²) in [6, 6.07) is 6.21. The minimum Gasteiger partial charge on any atom is -0.454 e. The van der Waals surface area contributed by atoms with Crippen molar-refractivity contribution in [3.05, 3.63) is 23.8 Å². The molecule has 2 unspecified atom stereocenters. The lowest BCUT2D eigenvalue weighted by Crippen LogP contribution is -2.26. The van der Waals surface area contributed by atoms with Crippen LogP contribution in [0.3, 0.4) is 0 Å². The standard InChI is InChI=1S/C13H19NO3/c1-9(7-15)6-14-10(2)11-3-4-12-13(5-11)17-8-16-12/h3-5,9-10,14-15H,6-8H2,1-2H3. The van der Waals surface area contributed by atoms with E-state index < -0.39 is 0 Å². The molecule has 94 valence electrons. The van der Waals surface area contributed by atoms with Crippen molar-refractivity contribution >= 4 is 0 Å². The fourth-order valence-electron chi connectivity index (χ4n) is 1.74. The lowest BCUT2D eigenvalue weighted by molar-refractivity contribution is 0.174. The highest BCUT2D eigenvalue weighted by Gasteiger charge is 2.15. The molecule has 0 bridgehead atoms. The van der Waals surface area contributed by atoms with E-state index in [1.54, 1.807) is 0 Å². The third kappa shape index (κ3) is 2.90. The highest BCUT2D eigenvalue weighted by molar-refractivity contribution is 5.45. The van der Waals surface area contributed by atoms with Gasteiger partial charge in [-0.1, -0.05) is 13.0 Å². The molecular weight excluding hydrogens is 218 g/mol. The van der Waals surface area contributed by atoms with E-state index in [0.29, 0.717) is 6.79 Å². The molecule has 0 aliphatic carbocycles. The molecule has 0 saturated heterocycles. The van der Waals surface area contributed by atoms with Crippen molar-refractivity contribution < 1.29 is 14.6 Å². The van der Waals surface area contributed by atoms with Gasteiger partial charge in [-0.3, -0.25) is 0 Å². The highest BCUT2D eigenvalue weighted by Crippen LogP contribution is 2.34. The molecule has 4 heteroatoms. The van der Waals surface area contributed by atoms with Crippen LogP contribution in [0.1, 0.15) is 25.5 Å². The number of aliphatic hydroxyl groups is 1. The van der Waals surface area contributed by atoms with Crippen LogP contribution in [-0.2, 0) is 0 Å². The second-order valence-corrected chi connectivity index (χ2v) is 4.53. The van der Waals surface area contributed by atoms with E-state index >= 15 is 0 Å². The van der Waals surface area contributed by atoms with Gasteiger partial charge < -0.3 is 19.9 Å². The lowest BCUT2D eigenvalue weighted by atomic mass is 10.1. The first kappa shape index (κ1) is 12.2. The number of fused-ring (bicyclic) bond motifs is 1. The van der Waals surface area contributed by atoms with Gasteiger partial charge in [0.05, 0.1) is 0 Å². The Morgan fingerprint density at radius 1 is 1.29 bits per heavy atom. The van der Waals surface area contributed by atoms with E-state index in [4.69, 9.17) is 14.6 Å². The Hall–Kier alpha value is -1.26. The topological polar surface area (TPSA) is 50.7 Å². The van der Waals surface area contributed by atoms with Crippen LogP contribution in [0.5, 0.6) is 11.5 Å². The number of hydrogen-bond acceptors (Lipinski definition) is 4. The molecule has 0 radical (unpaired) electrons. The third-order valence-corrected chi connectivity index (χ3v) is 2.98. The zero-order valence-electron chi connectivity index (χ0n) is 10.3. The zero-order chi connectivity index (χ0) is 12.3. The number of aliphatic hydroxyl groups excluding tert-OH is 1. The van der Waals surface area contributed by atoms with Crippen LogP contribution in [0.15, 0.2) is 18.2 Å². The average Bonchev–Trinajstić information content (AvgIpc) is 2.82. The van der Waals surface area contributed by atoms with Gasteiger partial charge >= 0.3 is 0 Å². The Kier molecular flexibility index (Phi) is 3.86. The third-order valence-electron chi connectivity index (χ3n) is 2.98. The van der Waals surface area contributed by atoms with E-state index in [1.807, 2.05) is 25.1 Å². The molecule has 1 heterocycles. The van der Waals surface area contributed by atoms with Gasteiger partial charge in [-0.2, -0.15) is 0 Å². The van der Waals surface area contributed by atoms with E-state index in [2.05, 4.69) is 12.2 Å². The minimum absolute atomic E-state index is 0.209. The first-order valence-electron chi connectivity index (χ1n) is 5.94. The van der Waals surface area contributed by atoms with Crippen molar-refractivity contribution in [3.8, 4) is 11.5 Å². The molecule has 0 aromatic heterocycles. The van der Waals surface area contributed by atoms with Gasteiger partial charge in [0.2, 0.25) is 6.79 Å². The average molecular weight is 237 g/mol. The predicted molar refractivity (Wildman–Crippen MR) is 65.2 cm³/mol. The van der Waals surface area contributed by atoms with Crippen LogP contribution in [-0.4, -0.2) is 25.1 Å². The van der Waals surface area contributed by atoms with Gasteiger partial charge in [0.15, 0.2) is 11.5 Å². The molecule has 2 N–H and O–H groups in total. The molecule has 1 aliphatic heterocycles. The van der Waals surface area contributed by atoms with Crippen molar-refractivity contribution in [1.29, 1.82) is 0 Å². The van der Waals surface area contributed by atoms with Crippen molar-refractivity contribution in [2.75, 3.05) is 19.9 Å². The summed E-state index contributed by atoms with van der Waals surface area (Å²) in [5.41, 5.74) is 1.17. The van der Waals surface area contributed by atoms with Crippen molar-refractivity contribution in [2.24, 2.45) is 5.92 Å². The summed E-state index contributed by atoms with van der Waals surface area (Å²) < 4.78 is 10.6. The molecular formula is C13H19NO3. The molecule has 0 spiro atoms. The van der Waals surface area contributed by atoms with Crippen LogP contribution in [0.25, 0.3) is 0 Å². The zero-order valence-corrected chi connectivity index (χ0v) is 10.3. The van der Waals surface area contributed by atoms with Crippen LogP contribution >= 0.6 is 0 Å². The quantitative estimate of drug-likeness (QED) is 0.818. The molecule has 1 aromatic carbocycles. The highest BCUT2D eigenvalue weighted by atomic mass is 16.7. The minimum atomic E-state index is 0.209. The van der Waals surface area contributed by atoms with Crippen LogP contribution in [0.2, 0.25) is 0 Å². The summed E-state index contributed by atoms with van der Waals surface area (Å²) >= 11 is 0. The monoisotopic (exact) mass is 237 g/mol. The summed E-state index contributed by atoms with van der Waals surface area (Å²) in [6.07, 6.45) is 0. The van der Waals surface area contributed by atoms with Gasteiger partial charge in [-0.15, -0.1) is 0 Å². The van der Waals surface area contributed by atoms with Crippen molar-refractivity contribution in [1.82, 2.24) is 5.32 Å². The van der Waals surface area contributed by atoms with E-state index in [1.165, 1.54) is 5.56 Å². The molecule has 17 heavy (non-hydrogen) atoms. The first-order valence-corrected chi connectivity index (χ1v) is 5.94. The van der Waals surface area contributed by atoms with E-state index in [0.717, 1.165) is 18.0 Å². The smallest absolute Gasteiger partial charge is 0.231 e. The fraction of sp³-hybridized carbons (Fsp3) is 0.538. The van der Waals surface area contributed by atoms with E-state index in [-0.39, 0.29) is 18.6 Å². The summed E-state index contributed by atoms with van der Waals surface area (Å²) in [5, 5.41) is 12.4. The van der Waals surface area contributed by atoms with Crippen LogP contribution < -0.4 is 14.8 Å². The normalized spacial score (nSPS) is 16.9. The van der Waals surface area contributed by atoms with Gasteiger partial charge in [0.1, 0.15) is 0 Å².